The number of likely N-dealkylation sites (tertiary alicyclic amines) is 1. The van der Waals surface area contributed by atoms with E-state index in [1.54, 1.807) is 24.0 Å². The Morgan fingerprint density at radius 3 is 2.52 bits per heavy atom. The van der Waals surface area contributed by atoms with Crippen LogP contribution in [0.3, 0.4) is 0 Å². The number of halogens is 1. The van der Waals surface area contributed by atoms with Crippen LogP contribution in [0, 0.1) is 11.7 Å². The maximum absolute atomic E-state index is 13.3. The summed E-state index contributed by atoms with van der Waals surface area (Å²) in [4.78, 5) is 26.2. The van der Waals surface area contributed by atoms with Crippen molar-refractivity contribution in [1.82, 2.24) is 4.90 Å². The summed E-state index contributed by atoms with van der Waals surface area (Å²) >= 11 is 0. The first kappa shape index (κ1) is 20.9. The largest absolute Gasteiger partial charge is 0.463 e. The number of hydrogen-bond donors (Lipinski definition) is 0. The molecule has 2 rings (SSSR count). The Hall–Kier alpha value is -2.37. The predicted octanol–water partition coefficient (Wildman–Crippen LogP) is 4.42. The number of piperidine rings is 1. The number of carbonyl (C=O) groups is 2. The van der Waals surface area contributed by atoms with Crippen molar-refractivity contribution in [2.75, 3.05) is 19.7 Å². The van der Waals surface area contributed by atoms with Crippen molar-refractivity contribution in [2.24, 2.45) is 5.92 Å². The lowest BCUT2D eigenvalue weighted by molar-refractivity contribution is -0.137. The van der Waals surface area contributed by atoms with Gasteiger partial charge in [-0.2, -0.15) is 0 Å². The van der Waals surface area contributed by atoms with Crippen molar-refractivity contribution in [2.45, 2.75) is 46.1 Å². The van der Waals surface area contributed by atoms with E-state index in [9.17, 15) is 14.0 Å². The van der Waals surface area contributed by atoms with Crippen molar-refractivity contribution in [3.8, 4) is 0 Å². The number of nitrogens with zero attached hydrogens (tertiary/aromatic N) is 1. The minimum atomic E-state index is -0.565. The standard InChI is InChI=1S/C21H28FNO4/c1-5-26-19(24)13-18(15-8-10-17(22)11-9-15)16-7-6-12-23(14-16)20(25)27-21(2,3)4/h8-11,13,16H,5-7,12,14H2,1-4H3/b18-13-. The van der Waals surface area contributed by atoms with Crippen LogP contribution in [-0.4, -0.2) is 42.3 Å². The number of rotatable bonds is 4. The van der Waals surface area contributed by atoms with Crippen LogP contribution in [0.25, 0.3) is 5.57 Å². The fraction of sp³-hybridized carbons (Fsp3) is 0.524. The lowest BCUT2D eigenvalue weighted by Gasteiger charge is -2.35. The zero-order valence-electron chi connectivity index (χ0n) is 16.5. The molecule has 1 aliphatic heterocycles. The lowest BCUT2D eigenvalue weighted by Crippen LogP contribution is -2.43. The zero-order chi connectivity index (χ0) is 20.0. The average molecular weight is 377 g/mol. The van der Waals surface area contributed by atoms with Crippen LogP contribution in [0.2, 0.25) is 0 Å². The van der Waals surface area contributed by atoms with Crippen LogP contribution in [0.5, 0.6) is 0 Å². The first-order valence-corrected chi connectivity index (χ1v) is 9.32. The number of ether oxygens (including phenoxy) is 2. The SMILES string of the molecule is CCOC(=O)/C=C(/c1ccc(F)cc1)C1CCCN(C(=O)OC(C)(C)C)C1. The van der Waals surface area contributed by atoms with Gasteiger partial charge < -0.3 is 14.4 Å². The zero-order valence-corrected chi connectivity index (χ0v) is 16.5. The molecular weight excluding hydrogens is 349 g/mol. The molecule has 0 radical (unpaired) electrons. The van der Waals surface area contributed by atoms with Crippen molar-refractivity contribution in [3.05, 3.63) is 41.7 Å². The van der Waals surface area contributed by atoms with Crippen LogP contribution >= 0.6 is 0 Å². The molecule has 0 aliphatic carbocycles. The molecule has 1 heterocycles. The van der Waals surface area contributed by atoms with Gasteiger partial charge >= 0.3 is 12.1 Å². The molecular formula is C21H28FNO4. The van der Waals surface area contributed by atoms with E-state index in [1.807, 2.05) is 20.8 Å². The van der Waals surface area contributed by atoms with Crippen LogP contribution in [0.4, 0.5) is 9.18 Å². The second kappa shape index (κ2) is 9.02. The fourth-order valence-electron chi connectivity index (χ4n) is 3.11. The van der Waals surface area contributed by atoms with E-state index < -0.39 is 11.6 Å². The van der Waals surface area contributed by atoms with Gasteiger partial charge in [0.05, 0.1) is 6.61 Å². The van der Waals surface area contributed by atoms with Gasteiger partial charge in [0.1, 0.15) is 11.4 Å². The summed E-state index contributed by atoms with van der Waals surface area (Å²) in [6, 6.07) is 6.02. The van der Waals surface area contributed by atoms with Crippen LogP contribution < -0.4 is 0 Å². The second-order valence-corrected chi connectivity index (χ2v) is 7.62. The molecule has 1 unspecified atom stereocenters. The molecule has 1 fully saturated rings. The molecule has 0 N–H and O–H groups in total. The highest BCUT2D eigenvalue weighted by Crippen LogP contribution is 2.32. The van der Waals surface area contributed by atoms with Gasteiger partial charge in [-0.15, -0.1) is 0 Å². The smallest absolute Gasteiger partial charge is 0.410 e. The van der Waals surface area contributed by atoms with Gasteiger partial charge in [-0.25, -0.2) is 14.0 Å². The number of esters is 1. The number of carbonyl (C=O) groups excluding carboxylic acids is 2. The monoisotopic (exact) mass is 377 g/mol. The van der Waals surface area contributed by atoms with Gasteiger partial charge in [-0.05, 0) is 63.8 Å². The van der Waals surface area contributed by atoms with Crippen molar-refractivity contribution in [3.63, 3.8) is 0 Å². The first-order valence-electron chi connectivity index (χ1n) is 9.32. The van der Waals surface area contributed by atoms with Gasteiger partial charge in [0.2, 0.25) is 0 Å². The van der Waals surface area contributed by atoms with E-state index in [2.05, 4.69) is 0 Å². The maximum Gasteiger partial charge on any atom is 0.410 e. The van der Waals surface area contributed by atoms with E-state index in [4.69, 9.17) is 9.47 Å². The van der Waals surface area contributed by atoms with Crippen LogP contribution in [0.15, 0.2) is 30.3 Å². The fourth-order valence-corrected chi connectivity index (χ4v) is 3.11. The normalized spacial score (nSPS) is 18.2. The summed E-state index contributed by atoms with van der Waals surface area (Å²) in [7, 11) is 0. The van der Waals surface area contributed by atoms with Crippen molar-refractivity contribution in [1.29, 1.82) is 0 Å². The van der Waals surface area contributed by atoms with Gasteiger partial charge in [0.25, 0.3) is 0 Å². The summed E-state index contributed by atoms with van der Waals surface area (Å²) < 4.78 is 23.8. The molecule has 1 saturated heterocycles. The Morgan fingerprint density at radius 2 is 1.93 bits per heavy atom. The third-order valence-electron chi connectivity index (χ3n) is 4.25. The average Bonchev–Trinajstić information content (AvgIpc) is 2.59. The molecule has 0 aromatic heterocycles. The van der Waals surface area contributed by atoms with E-state index in [0.717, 1.165) is 24.0 Å². The minimum absolute atomic E-state index is 0.0545. The Labute approximate surface area is 160 Å². The van der Waals surface area contributed by atoms with Gasteiger partial charge in [0.15, 0.2) is 0 Å². The summed E-state index contributed by atoms with van der Waals surface area (Å²) in [5.74, 6) is -0.833. The van der Waals surface area contributed by atoms with Gasteiger partial charge in [0, 0.05) is 25.1 Å². The lowest BCUT2D eigenvalue weighted by atomic mass is 9.86. The Morgan fingerprint density at radius 1 is 1.26 bits per heavy atom. The number of benzene rings is 1. The Balaban J connectivity index is 2.25. The molecule has 1 aliphatic rings. The molecule has 148 valence electrons. The summed E-state index contributed by atoms with van der Waals surface area (Å²) in [6.45, 7) is 8.57. The quantitative estimate of drug-likeness (QED) is 0.576. The number of amides is 1. The minimum Gasteiger partial charge on any atom is -0.463 e. The Bertz CT molecular complexity index is 691. The second-order valence-electron chi connectivity index (χ2n) is 7.62. The summed E-state index contributed by atoms with van der Waals surface area (Å²) in [5, 5.41) is 0. The molecule has 5 nitrogen and oxygen atoms in total. The molecule has 0 bridgehead atoms. The molecule has 1 amide bonds. The highest BCUT2D eigenvalue weighted by molar-refractivity contribution is 5.92. The van der Waals surface area contributed by atoms with Gasteiger partial charge in [-0.3, -0.25) is 0 Å². The van der Waals surface area contributed by atoms with Crippen molar-refractivity contribution >= 4 is 17.6 Å². The van der Waals surface area contributed by atoms with Crippen LogP contribution in [-0.2, 0) is 14.3 Å². The first-order chi connectivity index (χ1) is 12.7. The molecule has 0 spiro atoms. The van der Waals surface area contributed by atoms with E-state index in [1.165, 1.54) is 18.2 Å². The van der Waals surface area contributed by atoms with E-state index >= 15 is 0 Å². The topological polar surface area (TPSA) is 55.8 Å². The number of hydrogen-bond acceptors (Lipinski definition) is 4. The molecule has 1 aromatic carbocycles. The van der Waals surface area contributed by atoms with E-state index in [0.29, 0.717) is 13.1 Å². The van der Waals surface area contributed by atoms with Crippen LogP contribution in [0.1, 0.15) is 46.1 Å². The molecule has 27 heavy (non-hydrogen) atoms. The molecule has 0 saturated carbocycles. The third-order valence-corrected chi connectivity index (χ3v) is 4.25. The molecule has 1 atom stereocenters. The molecule has 1 aromatic rings. The summed E-state index contributed by atoms with van der Waals surface area (Å²) in [6.07, 6.45) is 2.72. The molecule has 6 heteroatoms. The highest BCUT2D eigenvalue weighted by atomic mass is 19.1. The predicted molar refractivity (Wildman–Crippen MR) is 102 cm³/mol. The highest BCUT2D eigenvalue weighted by Gasteiger charge is 2.30. The summed E-state index contributed by atoms with van der Waals surface area (Å²) in [5.41, 5.74) is 0.937. The van der Waals surface area contributed by atoms with Crippen molar-refractivity contribution < 1.29 is 23.5 Å². The maximum atomic E-state index is 13.3. The Kier molecular flexibility index (Phi) is 6.99. The van der Waals surface area contributed by atoms with Gasteiger partial charge in [-0.1, -0.05) is 12.1 Å². The van der Waals surface area contributed by atoms with E-state index in [-0.39, 0.29) is 24.4 Å². The third kappa shape index (κ3) is 6.38.